The Labute approximate surface area is 95.2 Å². The summed E-state index contributed by atoms with van der Waals surface area (Å²) in [5.74, 6) is 0. The number of aliphatic hydroxyl groups excluding tert-OH is 1. The van der Waals surface area contributed by atoms with E-state index in [0.29, 0.717) is 13.2 Å². The fourth-order valence-electron chi connectivity index (χ4n) is 1.42. The summed E-state index contributed by atoms with van der Waals surface area (Å²) in [6.45, 7) is 1.85. The summed E-state index contributed by atoms with van der Waals surface area (Å²) in [5, 5.41) is 14.8. The number of rotatable bonds is 3. The third kappa shape index (κ3) is 2.55. The summed E-state index contributed by atoms with van der Waals surface area (Å²) in [6, 6.07) is 2.16. The molecule has 1 fully saturated rings. The smallest absolute Gasteiger partial charge is 0.0948 e. The molecule has 0 spiro atoms. The normalized spacial score (nSPS) is 27.0. The van der Waals surface area contributed by atoms with Gasteiger partial charge < -0.3 is 15.2 Å². The summed E-state index contributed by atoms with van der Waals surface area (Å²) >= 11 is 5.11. The molecule has 0 unspecified atom stereocenters. The third-order valence-electron chi connectivity index (χ3n) is 2.21. The molecule has 1 saturated heterocycles. The number of nitrogens with one attached hydrogen (secondary N) is 1. The van der Waals surface area contributed by atoms with Crippen LogP contribution in [0.1, 0.15) is 4.88 Å². The van der Waals surface area contributed by atoms with Crippen molar-refractivity contribution in [3.8, 4) is 0 Å². The molecule has 2 rings (SSSR count). The molecule has 0 aliphatic carbocycles. The molecule has 0 bridgehead atoms. The summed E-state index contributed by atoms with van der Waals surface area (Å²) < 4.78 is 6.26. The molecule has 0 saturated carbocycles. The molecular weight excluding hydrogens is 266 g/mol. The molecule has 5 heteroatoms. The fourth-order valence-corrected chi connectivity index (χ4v) is 2.82. The van der Waals surface area contributed by atoms with E-state index in [1.165, 1.54) is 4.88 Å². The van der Waals surface area contributed by atoms with Crippen LogP contribution in [0.4, 0.5) is 0 Å². The van der Waals surface area contributed by atoms with Crippen molar-refractivity contribution in [3.05, 3.63) is 20.8 Å². The molecule has 2 N–H and O–H groups in total. The van der Waals surface area contributed by atoms with E-state index < -0.39 is 0 Å². The molecule has 1 aromatic rings. The predicted molar refractivity (Wildman–Crippen MR) is 59.5 cm³/mol. The fraction of sp³-hybridized carbons (Fsp3) is 0.556. The van der Waals surface area contributed by atoms with Gasteiger partial charge in [0.05, 0.1) is 25.4 Å². The van der Waals surface area contributed by atoms with Crippen LogP contribution >= 0.6 is 27.3 Å². The molecule has 1 aromatic heterocycles. The lowest BCUT2D eigenvalue weighted by atomic mass is 10.2. The largest absolute Gasteiger partial charge is 0.389 e. The average Bonchev–Trinajstić information content (AvgIpc) is 2.72. The van der Waals surface area contributed by atoms with Gasteiger partial charge in [0.25, 0.3) is 0 Å². The first-order chi connectivity index (χ1) is 6.75. The summed E-state index contributed by atoms with van der Waals surface area (Å²) in [5.41, 5.74) is 0. The van der Waals surface area contributed by atoms with Gasteiger partial charge in [0.2, 0.25) is 0 Å². The average molecular weight is 278 g/mol. The minimum atomic E-state index is -0.363. The lowest BCUT2D eigenvalue weighted by Crippen LogP contribution is -2.38. The van der Waals surface area contributed by atoms with Gasteiger partial charge in [0.1, 0.15) is 0 Å². The van der Waals surface area contributed by atoms with Gasteiger partial charge in [-0.3, -0.25) is 0 Å². The van der Waals surface area contributed by atoms with Gasteiger partial charge in [0.15, 0.2) is 0 Å². The maximum absolute atomic E-state index is 9.48. The monoisotopic (exact) mass is 277 g/mol. The maximum Gasteiger partial charge on any atom is 0.0948 e. The second kappa shape index (κ2) is 4.72. The van der Waals surface area contributed by atoms with E-state index in [-0.39, 0.29) is 12.1 Å². The van der Waals surface area contributed by atoms with Gasteiger partial charge in [-0.15, -0.1) is 11.3 Å². The zero-order chi connectivity index (χ0) is 9.97. The van der Waals surface area contributed by atoms with E-state index in [4.69, 9.17) is 4.74 Å². The van der Waals surface area contributed by atoms with Crippen molar-refractivity contribution < 1.29 is 9.84 Å². The molecule has 0 radical (unpaired) electrons. The first kappa shape index (κ1) is 10.6. The van der Waals surface area contributed by atoms with Crippen LogP contribution < -0.4 is 5.32 Å². The zero-order valence-corrected chi connectivity index (χ0v) is 9.97. The van der Waals surface area contributed by atoms with Crippen LogP contribution in [0.2, 0.25) is 0 Å². The molecule has 2 heterocycles. The van der Waals surface area contributed by atoms with Gasteiger partial charge in [-0.05, 0) is 22.0 Å². The highest BCUT2D eigenvalue weighted by atomic mass is 79.9. The first-order valence-corrected chi connectivity index (χ1v) is 6.15. The Morgan fingerprint density at radius 1 is 1.64 bits per heavy atom. The van der Waals surface area contributed by atoms with Gasteiger partial charge in [-0.25, -0.2) is 0 Å². The SMILES string of the molecule is O[C@@H]1COC[C@H]1NCc1cc(Br)cs1. The Kier molecular flexibility index (Phi) is 3.57. The molecule has 3 nitrogen and oxygen atoms in total. The Morgan fingerprint density at radius 2 is 2.50 bits per heavy atom. The van der Waals surface area contributed by atoms with E-state index in [2.05, 4.69) is 32.7 Å². The van der Waals surface area contributed by atoms with Crippen LogP contribution in [-0.2, 0) is 11.3 Å². The Hall–Kier alpha value is 0.0600. The molecule has 0 aromatic carbocycles. The topological polar surface area (TPSA) is 41.5 Å². The van der Waals surface area contributed by atoms with Crippen LogP contribution in [0.5, 0.6) is 0 Å². The van der Waals surface area contributed by atoms with Crippen molar-refractivity contribution in [2.75, 3.05) is 13.2 Å². The lowest BCUT2D eigenvalue weighted by Gasteiger charge is -2.13. The molecular formula is C9H12BrNO2S. The Morgan fingerprint density at radius 3 is 3.07 bits per heavy atom. The second-order valence-electron chi connectivity index (χ2n) is 3.32. The van der Waals surface area contributed by atoms with E-state index in [9.17, 15) is 5.11 Å². The van der Waals surface area contributed by atoms with Gasteiger partial charge in [-0.2, -0.15) is 0 Å². The van der Waals surface area contributed by atoms with Crippen molar-refractivity contribution in [2.45, 2.75) is 18.7 Å². The van der Waals surface area contributed by atoms with Crippen molar-refractivity contribution in [2.24, 2.45) is 0 Å². The van der Waals surface area contributed by atoms with Crippen LogP contribution in [-0.4, -0.2) is 30.5 Å². The number of hydrogen-bond donors (Lipinski definition) is 2. The van der Waals surface area contributed by atoms with Gasteiger partial charge >= 0.3 is 0 Å². The van der Waals surface area contributed by atoms with Gasteiger partial charge in [0, 0.05) is 21.3 Å². The maximum atomic E-state index is 9.48. The van der Waals surface area contributed by atoms with Crippen molar-refractivity contribution in [1.82, 2.24) is 5.32 Å². The summed E-state index contributed by atoms with van der Waals surface area (Å²) in [4.78, 5) is 1.26. The van der Waals surface area contributed by atoms with Crippen molar-refractivity contribution >= 4 is 27.3 Å². The highest BCUT2D eigenvalue weighted by molar-refractivity contribution is 9.10. The molecule has 14 heavy (non-hydrogen) atoms. The van der Waals surface area contributed by atoms with Crippen LogP contribution in [0.15, 0.2) is 15.9 Å². The molecule has 2 atom stereocenters. The third-order valence-corrected chi connectivity index (χ3v) is 3.91. The van der Waals surface area contributed by atoms with Crippen molar-refractivity contribution in [1.29, 1.82) is 0 Å². The standard InChI is InChI=1S/C9H12BrNO2S/c10-6-1-7(14-5-6)2-11-8-3-13-4-9(8)12/h1,5,8-9,11-12H,2-4H2/t8-,9-/m1/s1. The Balaban J connectivity index is 1.82. The van der Waals surface area contributed by atoms with E-state index >= 15 is 0 Å². The van der Waals surface area contributed by atoms with Crippen LogP contribution in [0.3, 0.4) is 0 Å². The zero-order valence-electron chi connectivity index (χ0n) is 7.57. The van der Waals surface area contributed by atoms with Crippen LogP contribution in [0, 0.1) is 0 Å². The van der Waals surface area contributed by atoms with Crippen LogP contribution in [0.25, 0.3) is 0 Å². The van der Waals surface area contributed by atoms with Crippen molar-refractivity contribution in [3.63, 3.8) is 0 Å². The number of aliphatic hydroxyl groups is 1. The quantitative estimate of drug-likeness (QED) is 0.877. The molecule has 1 aliphatic rings. The summed E-state index contributed by atoms with van der Waals surface area (Å²) in [6.07, 6.45) is -0.363. The van der Waals surface area contributed by atoms with E-state index in [0.717, 1.165) is 11.0 Å². The number of halogens is 1. The predicted octanol–water partition coefficient (Wildman–Crippen LogP) is 1.36. The Bertz CT molecular complexity index is 305. The molecule has 1 aliphatic heterocycles. The minimum Gasteiger partial charge on any atom is -0.389 e. The number of thiophene rings is 1. The number of hydrogen-bond acceptors (Lipinski definition) is 4. The van der Waals surface area contributed by atoms with Gasteiger partial charge in [-0.1, -0.05) is 0 Å². The first-order valence-electron chi connectivity index (χ1n) is 4.48. The molecule has 0 amide bonds. The summed E-state index contributed by atoms with van der Waals surface area (Å²) in [7, 11) is 0. The second-order valence-corrected chi connectivity index (χ2v) is 5.23. The highest BCUT2D eigenvalue weighted by Gasteiger charge is 2.25. The number of ether oxygens (including phenoxy) is 1. The van der Waals surface area contributed by atoms with E-state index in [1.54, 1.807) is 11.3 Å². The lowest BCUT2D eigenvalue weighted by molar-refractivity contribution is 0.122. The minimum absolute atomic E-state index is 0.0795. The van der Waals surface area contributed by atoms with E-state index in [1.807, 2.05) is 0 Å². The molecule has 78 valence electrons. The highest BCUT2D eigenvalue weighted by Crippen LogP contribution is 2.19.